The zero-order valence-electron chi connectivity index (χ0n) is 12.1. The summed E-state index contributed by atoms with van der Waals surface area (Å²) in [5.74, 6) is 0. The molecule has 0 aliphatic rings. The molecule has 3 aromatic rings. The van der Waals surface area contributed by atoms with Crippen LogP contribution >= 0.6 is 0 Å². The van der Waals surface area contributed by atoms with Gasteiger partial charge in [-0.15, -0.1) is 0 Å². The average Bonchev–Trinajstić information content (AvgIpc) is 2.58. The predicted octanol–water partition coefficient (Wildman–Crippen LogP) is 6.05. The zero-order valence-corrected chi connectivity index (χ0v) is 12.1. The normalized spacial score (nSPS) is 9.50. The predicted molar refractivity (Wildman–Crippen MR) is 88.7 cm³/mol. The second-order valence-corrected chi connectivity index (χ2v) is 4.28. The van der Waals surface area contributed by atoms with Gasteiger partial charge in [-0.3, -0.25) is 0 Å². The first-order valence-corrected chi connectivity index (χ1v) is 7.15. The van der Waals surface area contributed by atoms with E-state index >= 15 is 0 Å². The maximum atomic E-state index is 2.18. The first-order valence-electron chi connectivity index (χ1n) is 7.15. The number of benzene rings is 3. The molecule has 0 saturated carbocycles. The topological polar surface area (TPSA) is 0 Å². The van der Waals surface area contributed by atoms with Gasteiger partial charge < -0.3 is 0 Å². The Morgan fingerprint density at radius 2 is 0.700 bits per heavy atom. The van der Waals surface area contributed by atoms with E-state index < -0.39 is 0 Å². The van der Waals surface area contributed by atoms with Crippen molar-refractivity contribution >= 4 is 0 Å². The summed E-state index contributed by atoms with van der Waals surface area (Å²) in [4.78, 5) is 0. The molecular formula is C20H20. The Labute approximate surface area is 121 Å². The molecule has 3 rings (SSSR count). The van der Waals surface area contributed by atoms with E-state index in [1.807, 2.05) is 13.8 Å². The lowest BCUT2D eigenvalue weighted by Crippen LogP contribution is -1.83. The van der Waals surface area contributed by atoms with Crippen LogP contribution in [0.4, 0.5) is 0 Å². The first kappa shape index (κ1) is 14.1. The monoisotopic (exact) mass is 260 g/mol. The van der Waals surface area contributed by atoms with Crippen LogP contribution < -0.4 is 0 Å². The average molecular weight is 260 g/mol. The molecule has 0 atom stereocenters. The smallest absolute Gasteiger partial charge is 0.0105 e. The molecule has 20 heavy (non-hydrogen) atoms. The minimum atomic E-state index is 1.26. The lowest BCUT2D eigenvalue weighted by atomic mass is 9.95. The van der Waals surface area contributed by atoms with Crippen molar-refractivity contribution in [3.05, 3.63) is 84.9 Å². The third-order valence-electron chi connectivity index (χ3n) is 3.10. The van der Waals surface area contributed by atoms with Gasteiger partial charge in [-0.1, -0.05) is 98.8 Å². The van der Waals surface area contributed by atoms with Crippen molar-refractivity contribution in [2.75, 3.05) is 0 Å². The highest BCUT2D eigenvalue weighted by Gasteiger charge is 2.05. The Morgan fingerprint density at radius 3 is 1.05 bits per heavy atom. The molecule has 3 aromatic carbocycles. The van der Waals surface area contributed by atoms with E-state index in [0.29, 0.717) is 0 Å². The van der Waals surface area contributed by atoms with Crippen molar-refractivity contribution in [3.63, 3.8) is 0 Å². The van der Waals surface area contributed by atoms with E-state index in [9.17, 15) is 0 Å². The van der Waals surface area contributed by atoms with Crippen molar-refractivity contribution in [2.24, 2.45) is 0 Å². The van der Waals surface area contributed by atoms with Gasteiger partial charge in [0.05, 0.1) is 0 Å². The summed E-state index contributed by atoms with van der Waals surface area (Å²) in [5.41, 5.74) is 5.09. The molecular weight excluding hydrogens is 240 g/mol. The molecule has 0 spiro atoms. The van der Waals surface area contributed by atoms with Crippen LogP contribution in [-0.2, 0) is 0 Å². The van der Waals surface area contributed by atoms with E-state index in [4.69, 9.17) is 0 Å². The van der Waals surface area contributed by atoms with Crippen LogP contribution in [0.2, 0.25) is 0 Å². The van der Waals surface area contributed by atoms with Gasteiger partial charge in [-0.25, -0.2) is 0 Å². The quantitative estimate of drug-likeness (QED) is 0.526. The number of hydrogen-bond acceptors (Lipinski definition) is 0. The van der Waals surface area contributed by atoms with E-state index in [2.05, 4.69) is 84.9 Å². The van der Waals surface area contributed by atoms with Gasteiger partial charge >= 0.3 is 0 Å². The van der Waals surface area contributed by atoms with Gasteiger partial charge in [0, 0.05) is 0 Å². The van der Waals surface area contributed by atoms with Gasteiger partial charge in [-0.2, -0.15) is 0 Å². The fourth-order valence-corrected chi connectivity index (χ4v) is 2.22. The van der Waals surface area contributed by atoms with E-state index in [0.717, 1.165) is 0 Å². The minimum absolute atomic E-state index is 1.26. The summed E-state index contributed by atoms with van der Waals surface area (Å²) in [6, 6.07) is 29.6. The second kappa shape index (κ2) is 7.30. The maximum absolute atomic E-state index is 2.18. The molecule has 0 fully saturated rings. The molecule has 0 N–H and O–H groups in total. The highest BCUT2D eigenvalue weighted by Crippen LogP contribution is 2.31. The van der Waals surface area contributed by atoms with Gasteiger partial charge in [-0.05, 0) is 22.3 Å². The Bertz CT molecular complexity index is 566. The van der Waals surface area contributed by atoms with Crippen molar-refractivity contribution in [3.8, 4) is 22.3 Å². The summed E-state index contributed by atoms with van der Waals surface area (Å²) < 4.78 is 0. The maximum Gasteiger partial charge on any atom is -0.0105 e. The van der Waals surface area contributed by atoms with Crippen LogP contribution in [0, 0.1) is 0 Å². The van der Waals surface area contributed by atoms with Crippen LogP contribution in [0.3, 0.4) is 0 Å². The fraction of sp³-hybridized carbons (Fsp3) is 0.100. The SMILES string of the molecule is CC.c1ccc(-c2ccccc2-c2ccccc2)cc1. The van der Waals surface area contributed by atoms with Gasteiger partial charge in [0.15, 0.2) is 0 Å². The Kier molecular flexibility index (Phi) is 5.14. The van der Waals surface area contributed by atoms with Crippen molar-refractivity contribution < 1.29 is 0 Å². The molecule has 0 nitrogen and oxygen atoms in total. The lowest BCUT2D eigenvalue weighted by molar-refractivity contribution is 1.50. The number of hydrogen-bond donors (Lipinski definition) is 0. The van der Waals surface area contributed by atoms with Crippen molar-refractivity contribution in [2.45, 2.75) is 13.8 Å². The molecule has 0 bridgehead atoms. The fourth-order valence-electron chi connectivity index (χ4n) is 2.22. The van der Waals surface area contributed by atoms with Crippen LogP contribution in [-0.4, -0.2) is 0 Å². The highest BCUT2D eigenvalue weighted by atomic mass is 14.1. The minimum Gasteiger partial charge on any atom is -0.0683 e. The summed E-state index contributed by atoms with van der Waals surface area (Å²) in [6.45, 7) is 4.00. The molecule has 0 saturated heterocycles. The Hall–Kier alpha value is -2.34. The van der Waals surface area contributed by atoms with Gasteiger partial charge in [0.25, 0.3) is 0 Å². The molecule has 0 aromatic heterocycles. The number of rotatable bonds is 2. The van der Waals surface area contributed by atoms with E-state index in [1.165, 1.54) is 22.3 Å². The second-order valence-electron chi connectivity index (χ2n) is 4.28. The van der Waals surface area contributed by atoms with E-state index in [-0.39, 0.29) is 0 Å². The molecule has 100 valence electrons. The Morgan fingerprint density at radius 1 is 0.400 bits per heavy atom. The zero-order chi connectivity index (χ0) is 14.2. The third-order valence-corrected chi connectivity index (χ3v) is 3.10. The lowest BCUT2D eigenvalue weighted by Gasteiger charge is -2.09. The summed E-state index contributed by atoms with van der Waals surface area (Å²) in [7, 11) is 0. The van der Waals surface area contributed by atoms with Crippen molar-refractivity contribution in [1.82, 2.24) is 0 Å². The molecule has 0 aliphatic heterocycles. The summed E-state index contributed by atoms with van der Waals surface area (Å²) in [6.07, 6.45) is 0. The molecule has 0 heteroatoms. The third kappa shape index (κ3) is 3.16. The standard InChI is InChI=1S/C18H14.C2H6/c1-3-9-15(10-4-1)17-13-7-8-14-18(17)16-11-5-2-6-12-16;1-2/h1-14H;1-2H3. The molecule has 0 heterocycles. The van der Waals surface area contributed by atoms with Gasteiger partial charge in [0.1, 0.15) is 0 Å². The van der Waals surface area contributed by atoms with Crippen LogP contribution in [0.1, 0.15) is 13.8 Å². The van der Waals surface area contributed by atoms with Crippen LogP contribution in [0.15, 0.2) is 84.9 Å². The Balaban J connectivity index is 0.000000704. The molecule has 0 aliphatic carbocycles. The van der Waals surface area contributed by atoms with Crippen molar-refractivity contribution in [1.29, 1.82) is 0 Å². The molecule has 0 unspecified atom stereocenters. The van der Waals surface area contributed by atoms with Crippen LogP contribution in [0.5, 0.6) is 0 Å². The molecule has 0 radical (unpaired) electrons. The van der Waals surface area contributed by atoms with Crippen LogP contribution in [0.25, 0.3) is 22.3 Å². The first-order chi connectivity index (χ1) is 9.95. The summed E-state index contributed by atoms with van der Waals surface area (Å²) >= 11 is 0. The highest BCUT2D eigenvalue weighted by molar-refractivity contribution is 5.83. The summed E-state index contributed by atoms with van der Waals surface area (Å²) in [5, 5.41) is 0. The van der Waals surface area contributed by atoms with E-state index in [1.54, 1.807) is 0 Å². The van der Waals surface area contributed by atoms with Gasteiger partial charge in [0.2, 0.25) is 0 Å². The largest absolute Gasteiger partial charge is 0.0683 e. The molecule has 0 amide bonds.